The SMILES string of the molecule is O=C(NCCc1cccc(Br)c1)Nc1c(F)cccc1F. The van der Waals surface area contributed by atoms with Gasteiger partial charge in [-0.25, -0.2) is 13.6 Å². The number of benzene rings is 2. The molecule has 2 aromatic rings. The largest absolute Gasteiger partial charge is 0.338 e. The van der Waals surface area contributed by atoms with Crippen molar-refractivity contribution in [2.75, 3.05) is 11.9 Å². The van der Waals surface area contributed by atoms with Gasteiger partial charge in [0.05, 0.1) is 0 Å². The Balaban J connectivity index is 1.85. The summed E-state index contributed by atoms with van der Waals surface area (Å²) in [5.74, 6) is -1.62. The molecule has 0 aliphatic rings. The standard InChI is InChI=1S/C15H13BrF2N2O/c16-11-4-1-3-10(9-11)7-8-19-15(21)20-14-12(17)5-2-6-13(14)18/h1-6,9H,7-8H2,(H2,19,20,21). The molecule has 2 aromatic carbocycles. The first-order valence-corrected chi connectivity index (χ1v) is 7.09. The van der Waals surface area contributed by atoms with Gasteiger partial charge in [0.15, 0.2) is 0 Å². The molecule has 0 heterocycles. The van der Waals surface area contributed by atoms with E-state index in [-0.39, 0.29) is 0 Å². The molecule has 3 nitrogen and oxygen atoms in total. The van der Waals surface area contributed by atoms with E-state index in [4.69, 9.17) is 0 Å². The number of anilines is 1. The van der Waals surface area contributed by atoms with Gasteiger partial charge in [-0.2, -0.15) is 0 Å². The third-order valence-corrected chi connectivity index (χ3v) is 3.28. The highest BCUT2D eigenvalue weighted by molar-refractivity contribution is 9.10. The monoisotopic (exact) mass is 354 g/mol. The fourth-order valence-electron chi connectivity index (χ4n) is 1.79. The predicted octanol–water partition coefficient (Wildman–Crippen LogP) is 4.09. The van der Waals surface area contributed by atoms with E-state index < -0.39 is 23.4 Å². The number of nitrogens with one attached hydrogen (secondary N) is 2. The molecule has 0 aliphatic heterocycles. The van der Waals surface area contributed by atoms with Crippen LogP contribution in [0.2, 0.25) is 0 Å². The summed E-state index contributed by atoms with van der Waals surface area (Å²) in [4.78, 5) is 11.6. The predicted molar refractivity (Wildman–Crippen MR) is 81.2 cm³/mol. The molecule has 0 bridgehead atoms. The molecule has 0 saturated carbocycles. The Morgan fingerprint density at radius 3 is 2.43 bits per heavy atom. The van der Waals surface area contributed by atoms with Crippen LogP contribution in [0, 0.1) is 11.6 Å². The average molecular weight is 355 g/mol. The first kappa shape index (κ1) is 15.4. The van der Waals surface area contributed by atoms with Gasteiger partial charge in [-0.1, -0.05) is 34.1 Å². The third kappa shape index (κ3) is 4.53. The summed E-state index contributed by atoms with van der Waals surface area (Å²) in [6.07, 6.45) is 0.618. The average Bonchev–Trinajstić information content (AvgIpc) is 2.43. The number of rotatable bonds is 4. The van der Waals surface area contributed by atoms with Gasteiger partial charge in [-0.15, -0.1) is 0 Å². The van der Waals surface area contributed by atoms with Crippen LogP contribution in [-0.4, -0.2) is 12.6 Å². The van der Waals surface area contributed by atoms with Crippen LogP contribution in [0.1, 0.15) is 5.56 Å². The third-order valence-electron chi connectivity index (χ3n) is 2.79. The number of carbonyl (C=O) groups is 1. The molecule has 0 saturated heterocycles. The lowest BCUT2D eigenvalue weighted by molar-refractivity contribution is 0.252. The highest BCUT2D eigenvalue weighted by Crippen LogP contribution is 2.17. The van der Waals surface area contributed by atoms with Gasteiger partial charge in [-0.05, 0) is 36.2 Å². The second kappa shape index (κ2) is 7.17. The minimum absolute atomic E-state index is 0.359. The number of halogens is 3. The lowest BCUT2D eigenvalue weighted by Crippen LogP contribution is -2.31. The summed E-state index contributed by atoms with van der Waals surface area (Å²) in [6, 6.07) is 10.4. The molecule has 0 spiro atoms. The molecule has 0 unspecified atom stereocenters. The smallest absolute Gasteiger partial charge is 0.319 e. The van der Waals surface area contributed by atoms with E-state index in [2.05, 4.69) is 26.6 Å². The van der Waals surface area contributed by atoms with E-state index in [0.29, 0.717) is 13.0 Å². The minimum atomic E-state index is -0.808. The van der Waals surface area contributed by atoms with Gasteiger partial charge in [0.25, 0.3) is 0 Å². The van der Waals surface area contributed by atoms with Crippen molar-refractivity contribution in [2.45, 2.75) is 6.42 Å². The molecule has 0 aromatic heterocycles. The van der Waals surface area contributed by atoms with E-state index in [1.54, 1.807) is 0 Å². The summed E-state index contributed by atoms with van der Waals surface area (Å²) < 4.78 is 27.7. The van der Waals surface area contributed by atoms with Gasteiger partial charge in [-0.3, -0.25) is 0 Å². The van der Waals surface area contributed by atoms with Crippen molar-refractivity contribution in [1.82, 2.24) is 5.32 Å². The fraction of sp³-hybridized carbons (Fsp3) is 0.133. The van der Waals surface area contributed by atoms with Crippen molar-refractivity contribution < 1.29 is 13.6 Å². The maximum absolute atomic E-state index is 13.4. The van der Waals surface area contributed by atoms with Crippen molar-refractivity contribution in [3.8, 4) is 0 Å². The molecule has 2 rings (SSSR count). The van der Waals surface area contributed by atoms with E-state index in [0.717, 1.165) is 22.2 Å². The normalized spacial score (nSPS) is 10.2. The Bertz CT molecular complexity index is 629. The number of hydrogen-bond donors (Lipinski definition) is 2. The molecule has 2 amide bonds. The second-order valence-corrected chi connectivity index (χ2v) is 5.27. The first-order chi connectivity index (χ1) is 10.1. The van der Waals surface area contributed by atoms with Crippen LogP contribution in [0.15, 0.2) is 46.9 Å². The molecule has 0 atom stereocenters. The molecular weight excluding hydrogens is 342 g/mol. The van der Waals surface area contributed by atoms with Crippen LogP contribution in [0.4, 0.5) is 19.3 Å². The number of para-hydroxylation sites is 1. The zero-order valence-electron chi connectivity index (χ0n) is 11.0. The van der Waals surface area contributed by atoms with Gasteiger partial charge in [0.1, 0.15) is 17.3 Å². The van der Waals surface area contributed by atoms with Gasteiger partial charge >= 0.3 is 6.03 Å². The summed E-state index contributed by atoms with van der Waals surface area (Å²) in [6.45, 7) is 0.359. The molecular formula is C15H13BrF2N2O. The summed E-state index contributed by atoms with van der Waals surface area (Å²) in [5, 5.41) is 4.72. The van der Waals surface area contributed by atoms with Gasteiger partial charge in [0.2, 0.25) is 0 Å². The van der Waals surface area contributed by atoms with Crippen LogP contribution >= 0.6 is 15.9 Å². The van der Waals surface area contributed by atoms with Crippen molar-refractivity contribution >= 4 is 27.6 Å². The Kier molecular flexibility index (Phi) is 5.27. The van der Waals surface area contributed by atoms with Crippen molar-refractivity contribution in [1.29, 1.82) is 0 Å². The summed E-state index contributed by atoms with van der Waals surface area (Å²) in [5.41, 5.74) is 0.596. The highest BCUT2D eigenvalue weighted by atomic mass is 79.9. The number of amides is 2. The Hall–Kier alpha value is -1.95. The molecule has 0 fully saturated rings. The maximum atomic E-state index is 13.4. The Morgan fingerprint density at radius 2 is 1.76 bits per heavy atom. The van der Waals surface area contributed by atoms with Gasteiger partial charge < -0.3 is 10.6 Å². The quantitative estimate of drug-likeness (QED) is 0.852. The first-order valence-electron chi connectivity index (χ1n) is 6.29. The number of hydrogen-bond acceptors (Lipinski definition) is 1. The zero-order valence-corrected chi connectivity index (χ0v) is 12.6. The van der Waals surface area contributed by atoms with E-state index in [9.17, 15) is 13.6 Å². The summed E-state index contributed by atoms with van der Waals surface area (Å²) in [7, 11) is 0. The van der Waals surface area contributed by atoms with Crippen molar-refractivity contribution in [2.24, 2.45) is 0 Å². The van der Waals surface area contributed by atoms with Crippen molar-refractivity contribution in [3.05, 3.63) is 64.1 Å². The fourth-order valence-corrected chi connectivity index (χ4v) is 2.23. The lowest BCUT2D eigenvalue weighted by atomic mass is 10.1. The van der Waals surface area contributed by atoms with Crippen LogP contribution in [0.5, 0.6) is 0 Å². The zero-order chi connectivity index (χ0) is 15.2. The Labute approximate surface area is 129 Å². The topological polar surface area (TPSA) is 41.1 Å². The lowest BCUT2D eigenvalue weighted by Gasteiger charge is -2.09. The van der Waals surface area contributed by atoms with E-state index in [1.165, 1.54) is 6.07 Å². The number of urea groups is 1. The van der Waals surface area contributed by atoms with Crippen LogP contribution < -0.4 is 10.6 Å². The minimum Gasteiger partial charge on any atom is -0.338 e. The highest BCUT2D eigenvalue weighted by Gasteiger charge is 2.11. The van der Waals surface area contributed by atoms with Crippen LogP contribution in [0.25, 0.3) is 0 Å². The molecule has 0 radical (unpaired) electrons. The van der Waals surface area contributed by atoms with E-state index in [1.807, 2.05) is 24.3 Å². The molecule has 0 aliphatic carbocycles. The number of carbonyl (C=O) groups excluding carboxylic acids is 1. The maximum Gasteiger partial charge on any atom is 0.319 e. The molecule has 21 heavy (non-hydrogen) atoms. The molecule has 2 N–H and O–H groups in total. The second-order valence-electron chi connectivity index (χ2n) is 4.36. The molecule has 6 heteroatoms. The summed E-state index contributed by atoms with van der Waals surface area (Å²) >= 11 is 3.36. The van der Waals surface area contributed by atoms with E-state index >= 15 is 0 Å². The van der Waals surface area contributed by atoms with Crippen LogP contribution in [-0.2, 0) is 6.42 Å². The van der Waals surface area contributed by atoms with Crippen molar-refractivity contribution in [3.63, 3.8) is 0 Å². The molecule has 110 valence electrons. The Morgan fingerprint density at radius 1 is 1.10 bits per heavy atom. The van der Waals surface area contributed by atoms with Gasteiger partial charge in [0, 0.05) is 11.0 Å². The van der Waals surface area contributed by atoms with Crippen LogP contribution in [0.3, 0.4) is 0 Å².